The Balaban J connectivity index is 2.42. The molecule has 2 N–H and O–H groups in total. The number of likely N-dealkylation sites (N-methyl/N-ethyl adjacent to an activating group) is 1. The maximum atomic E-state index is 11.2. The van der Waals surface area contributed by atoms with Crippen molar-refractivity contribution in [2.45, 2.75) is 26.2 Å². The van der Waals surface area contributed by atoms with Gasteiger partial charge in [-0.1, -0.05) is 24.7 Å². The molecule has 0 aliphatic heterocycles. The number of rotatable bonds is 6. The third-order valence-corrected chi connectivity index (χ3v) is 2.69. The summed E-state index contributed by atoms with van der Waals surface area (Å²) < 4.78 is 0. The van der Waals surface area contributed by atoms with Gasteiger partial charge in [0.05, 0.1) is 6.54 Å². The molecule has 84 valence electrons. The molecule has 1 aromatic heterocycles. The molecular weight excluding hydrogens is 212 g/mol. The van der Waals surface area contributed by atoms with Crippen molar-refractivity contribution in [3.05, 3.63) is 5.01 Å². The maximum absolute atomic E-state index is 11.2. The Morgan fingerprint density at radius 1 is 1.47 bits per heavy atom. The molecule has 1 amide bonds. The Morgan fingerprint density at radius 2 is 2.27 bits per heavy atom. The molecule has 1 heterocycles. The van der Waals surface area contributed by atoms with Crippen LogP contribution in [0.15, 0.2) is 0 Å². The van der Waals surface area contributed by atoms with E-state index in [1.54, 1.807) is 7.05 Å². The van der Waals surface area contributed by atoms with Crippen LogP contribution >= 0.6 is 11.3 Å². The van der Waals surface area contributed by atoms with Crippen LogP contribution in [0.1, 0.15) is 24.8 Å². The smallest absolute Gasteiger partial charge is 0.240 e. The highest BCUT2D eigenvalue weighted by atomic mass is 32.1. The zero-order valence-corrected chi connectivity index (χ0v) is 9.86. The lowest BCUT2D eigenvalue weighted by molar-refractivity contribution is -0.115. The highest BCUT2D eigenvalue weighted by molar-refractivity contribution is 7.15. The topological polar surface area (TPSA) is 66.9 Å². The van der Waals surface area contributed by atoms with Crippen molar-refractivity contribution < 1.29 is 4.79 Å². The molecule has 0 aromatic carbocycles. The first-order chi connectivity index (χ1) is 7.26. The molecule has 0 saturated carbocycles. The molecular formula is C9H16N4OS. The minimum atomic E-state index is -0.0873. The molecule has 0 aliphatic carbocycles. The zero-order valence-electron chi connectivity index (χ0n) is 9.04. The molecule has 5 nitrogen and oxygen atoms in total. The molecule has 0 fully saturated rings. The second kappa shape index (κ2) is 6.47. The van der Waals surface area contributed by atoms with Gasteiger partial charge in [-0.3, -0.25) is 10.1 Å². The summed E-state index contributed by atoms with van der Waals surface area (Å²) in [6, 6.07) is 0. The van der Waals surface area contributed by atoms with Crippen molar-refractivity contribution in [2.75, 3.05) is 18.9 Å². The Kier molecular flexibility index (Phi) is 5.20. The molecule has 6 heteroatoms. The first-order valence-electron chi connectivity index (χ1n) is 5.03. The highest BCUT2D eigenvalue weighted by Gasteiger charge is 2.06. The molecule has 15 heavy (non-hydrogen) atoms. The number of anilines is 1. The van der Waals surface area contributed by atoms with Crippen LogP contribution in [0.5, 0.6) is 0 Å². The third kappa shape index (κ3) is 4.35. The van der Waals surface area contributed by atoms with E-state index >= 15 is 0 Å². The van der Waals surface area contributed by atoms with Crippen LogP contribution in [0.3, 0.4) is 0 Å². The summed E-state index contributed by atoms with van der Waals surface area (Å²) >= 11 is 1.45. The van der Waals surface area contributed by atoms with Gasteiger partial charge in [0.25, 0.3) is 0 Å². The maximum Gasteiger partial charge on any atom is 0.240 e. The number of carbonyl (C=O) groups is 1. The molecule has 0 spiro atoms. The van der Waals surface area contributed by atoms with Crippen molar-refractivity contribution >= 4 is 22.4 Å². The van der Waals surface area contributed by atoms with E-state index in [9.17, 15) is 4.79 Å². The summed E-state index contributed by atoms with van der Waals surface area (Å²) in [6.07, 6.45) is 3.19. The first kappa shape index (κ1) is 12.1. The summed E-state index contributed by atoms with van der Waals surface area (Å²) in [5, 5.41) is 14.9. The molecule has 0 aliphatic rings. The average Bonchev–Trinajstić information content (AvgIpc) is 2.63. The van der Waals surface area contributed by atoms with E-state index in [1.807, 2.05) is 0 Å². The van der Waals surface area contributed by atoms with Crippen LogP contribution < -0.4 is 10.6 Å². The SMILES string of the molecule is CCCCc1nnc(NC(=O)CNC)s1. The Labute approximate surface area is 93.3 Å². The zero-order chi connectivity index (χ0) is 11.1. The Bertz CT molecular complexity index is 313. The standard InChI is InChI=1S/C9H16N4OS/c1-3-4-5-8-12-13-9(15-8)11-7(14)6-10-2/h10H,3-6H2,1-2H3,(H,11,13,14). The molecule has 0 unspecified atom stereocenters. The van der Waals surface area contributed by atoms with Gasteiger partial charge in [0, 0.05) is 6.42 Å². The number of hydrogen-bond donors (Lipinski definition) is 2. The predicted octanol–water partition coefficient (Wildman–Crippen LogP) is 1.04. The van der Waals surface area contributed by atoms with Crippen LogP contribution in [0, 0.1) is 0 Å². The second-order valence-corrected chi connectivity index (χ2v) is 4.25. The summed E-state index contributed by atoms with van der Waals surface area (Å²) in [5.41, 5.74) is 0. The molecule has 1 aromatic rings. The lowest BCUT2D eigenvalue weighted by Gasteiger charge is -1.97. The van der Waals surface area contributed by atoms with Crippen LogP contribution in [-0.2, 0) is 11.2 Å². The Hall–Kier alpha value is -1.01. The summed E-state index contributed by atoms with van der Waals surface area (Å²) in [4.78, 5) is 11.2. The van der Waals surface area contributed by atoms with Gasteiger partial charge in [-0.05, 0) is 13.5 Å². The minimum Gasteiger partial charge on any atom is -0.311 e. The summed E-state index contributed by atoms with van der Waals surface area (Å²) in [6.45, 7) is 2.43. The molecule has 0 bridgehead atoms. The Morgan fingerprint density at radius 3 is 2.93 bits per heavy atom. The van der Waals surface area contributed by atoms with E-state index in [0.29, 0.717) is 11.7 Å². The number of carbonyl (C=O) groups excluding carboxylic acids is 1. The van der Waals surface area contributed by atoms with Crippen LogP contribution in [0.4, 0.5) is 5.13 Å². The van der Waals surface area contributed by atoms with Crippen molar-refractivity contribution in [1.82, 2.24) is 15.5 Å². The molecule has 1 rings (SSSR count). The first-order valence-corrected chi connectivity index (χ1v) is 5.84. The fourth-order valence-electron chi connectivity index (χ4n) is 1.06. The van der Waals surface area contributed by atoms with E-state index in [2.05, 4.69) is 27.8 Å². The number of amides is 1. The third-order valence-electron chi connectivity index (χ3n) is 1.79. The number of aromatic nitrogens is 2. The van der Waals surface area contributed by atoms with Gasteiger partial charge in [-0.25, -0.2) is 0 Å². The summed E-state index contributed by atoms with van der Waals surface area (Å²) in [5.74, 6) is -0.0873. The minimum absolute atomic E-state index is 0.0873. The van der Waals surface area contributed by atoms with E-state index in [-0.39, 0.29) is 5.91 Å². The number of nitrogens with one attached hydrogen (secondary N) is 2. The lowest BCUT2D eigenvalue weighted by Crippen LogP contribution is -2.24. The van der Waals surface area contributed by atoms with Gasteiger partial charge >= 0.3 is 0 Å². The van der Waals surface area contributed by atoms with Gasteiger partial charge in [-0.15, -0.1) is 10.2 Å². The van der Waals surface area contributed by atoms with Gasteiger partial charge in [0.1, 0.15) is 5.01 Å². The lowest BCUT2D eigenvalue weighted by atomic mass is 10.3. The van der Waals surface area contributed by atoms with Crippen molar-refractivity contribution in [3.63, 3.8) is 0 Å². The van der Waals surface area contributed by atoms with Gasteiger partial charge < -0.3 is 5.32 Å². The summed E-state index contributed by atoms with van der Waals surface area (Å²) in [7, 11) is 1.73. The van der Waals surface area contributed by atoms with Gasteiger partial charge in [0.2, 0.25) is 11.0 Å². The van der Waals surface area contributed by atoms with Crippen molar-refractivity contribution in [2.24, 2.45) is 0 Å². The van der Waals surface area contributed by atoms with E-state index in [1.165, 1.54) is 11.3 Å². The van der Waals surface area contributed by atoms with Crippen LogP contribution in [-0.4, -0.2) is 29.7 Å². The monoisotopic (exact) mass is 228 g/mol. The number of unbranched alkanes of at least 4 members (excludes halogenated alkanes) is 1. The molecule has 0 atom stereocenters. The highest BCUT2D eigenvalue weighted by Crippen LogP contribution is 2.16. The second-order valence-electron chi connectivity index (χ2n) is 3.18. The van der Waals surface area contributed by atoms with Crippen molar-refractivity contribution in [3.8, 4) is 0 Å². The number of hydrogen-bond acceptors (Lipinski definition) is 5. The van der Waals surface area contributed by atoms with E-state index < -0.39 is 0 Å². The predicted molar refractivity (Wildman–Crippen MR) is 61.1 cm³/mol. The van der Waals surface area contributed by atoms with Crippen LogP contribution in [0.25, 0.3) is 0 Å². The van der Waals surface area contributed by atoms with Gasteiger partial charge in [-0.2, -0.15) is 0 Å². The normalized spacial score (nSPS) is 10.3. The quantitative estimate of drug-likeness (QED) is 0.763. The van der Waals surface area contributed by atoms with E-state index in [4.69, 9.17) is 0 Å². The number of aryl methyl sites for hydroxylation is 1. The van der Waals surface area contributed by atoms with Crippen molar-refractivity contribution in [1.29, 1.82) is 0 Å². The molecule has 0 saturated heterocycles. The average molecular weight is 228 g/mol. The van der Waals surface area contributed by atoms with E-state index in [0.717, 1.165) is 24.3 Å². The fourth-order valence-corrected chi connectivity index (χ4v) is 1.85. The van der Waals surface area contributed by atoms with Gasteiger partial charge in [0.15, 0.2) is 0 Å². The number of nitrogens with zero attached hydrogens (tertiary/aromatic N) is 2. The fraction of sp³-hybridized carbons (Fsp3) is 0.667. The molecule has 0 radical (unpaired) electrons. The van der Waals surface area contributed by atoms with Crippen LogP contribution in [0.2, 0.25) is 0 Å². The largest absolute Gasteiger partial charge is 0.311 e.